The lowest BCUT2D eigenvalue weighted by Gasteiger charge is -2.10. The number of hydrogen-bond acceptors (Lipinski definition) is 3. The highest BCUT2D eigenvalue weighted by atomic mass is 32.1. The Kier molecular flexibility index (Phi) is 4.19. The van der Waals surface area contributed by atoms with Crippen LogP contribution in [-0.4, -0.2) is 10.8 Å². The van der Waals surface area contributed by atoms with Crippen LogP contribution in [0, 0.1) is 0 Å². The van der Waals surface area contributed by atoms with Gasteiger partial charge in [-0.3, -0.25) is 4.79 Å². The number of nitrogens with one attached hydrogen (secondary N) is 1. The molecule has 84 valence electrons. The van der Waals surface area contributed by atoms with E-state index >= 15 is 0 Å². The molecule has 4 heteroatoms. The van der Waals surface area contributed by atoms with Crippen molar-refractivity contribution in [3.05, 3.63) is 41.6 Å². The fourth-order valence-corrected chi connectivity index (χ4v) is 1.75. The van der Waals surface area contributed by atoms with Crippen molar-refractivity contribution in [3.63, 3.8) is 0 Å². The summed E-state index contributed by atoms with van der Waals surface area (Å²) >= 11 is 5.14. The van der Waals surface area contributed by atoms with Crippen LogP contribution in [0.5, 0.6) is 0 Å². The number of thiocarbonyl (C=S) groups is 1. The molecule has 0 aliphatic rings. The monoisotopic (exact) mass is 234 g/mol. The van der Waals surface area contributed by atoms with Crippen LogP contribution in [0.3, 0.4) is 0 Å². The minimum absolute atomic E-state index is 0.131. The summed E-state index contributed by atoms with van der Waals surface area (Å²) in [6.07, 6.45) is 0. The van der Waals surface area contributed by atoms with E-state index in [2.05, 4.69) is 5.32 Å². The molecule has 0 saturated carbocycles. The van der Waals surface area contributed by atoms with Gasteiger partial charge in [-0.2, -0.15) is 0 Å². The standard InChI is InChI=1S/C12H14N2OS/c1-8(13)11(9(2)15)12(16)14-10-6-4-3-5-7-10/h3-7H,13H2,1-2H3,(H,14,16)/b11-8-. The van der Waals surface area contributed by atoms with Gasteiger partial charge in [0.2, 0.25) is 0 Å². The molecule has 0 amide bonds. The summed E-state index contributed by atoms with van der Waals surface area (Å²) in [6, 6.07) is 9.42. The van der Waals surface area contributed by atoms with E-state index in [1.54, 1.807) is 6.92 Å². The summed E-state index contributed by atoms with van der Waals surface area (Å²) in [4.78, 5) is 11.7. The number of carbonyl (C=O) groups is 1. The number of hydrogen-bond donors (Lipinski definition) is 2. The highest BCUT2D eigenvalue weighted by molar-refractivity contribution is 7.81. The Bertz CT molecular complexity index is 434. The van der Waals surface area contributed by atoms with Crippen LogP contribution >= 0.6 is 12.2 Å². The van der Waals surface area contributed by atoms with Gasteiger partial charge in [0, 0.05) is 11.4 Å². The molecule has 3 nitrogen and oxygen atoms in total. The fraction of sp³-hybridized carbons (Fsp3) is 0.167. The Morgan fingerprint density at radius 1 is 1.25 bits per heavy atom. The summed E-state index contributed by atoms with van der Waals surface area (Å²) in [6.45, 7) is 3.11. The van der Waals surface area contributed by atoms with E-state index in [4.69, 9.17) is 18.0 Å². The van der Waals surface area contributed by atoms with Gasteiger partial charge in [-0.25, -0.2) is 0 Å². The number of allylic oxidation sites excluding steroid dienone is 1. The van der Waals surface area contributed by atoms with Crippen LogP contribution in [-0.2, 0) is 4.79 Å². The van der Waals surface area contributed by atoms with E-state index in [1.165, 1.54) is 6.92 Å². The molecule has 0 saturated heterocycles. The largest absolute Gasteiger partial charge is 0.402 e. The van der Waals surface area contributed by atoms with E-state index in [-0.39, 0.29) is 5.78 Å². The summed E-state index contributed by atoms with van der Waals surface area (Å²) in [5, 5.41) is 2.98. The third kappa shape index (κ3) is 3.17. The third-order valence-corrected chi connectivity index (χ3v) is 2.31. The third-order valence-electron chi connectivity index (χ3n) is 2.01. The van der Waals surface area contributed by atoms with E-state index < -0.39 is 0 Å². The second kappa shape index (κ2) is 5.42. The molecular formula is C12H14N2OS. The molecule has 0 radical (unpaired) electrons. The predicted octanol–water partition coefficient (Wildman–Crippen LogP) is 2.25. The topological polar surface area (TPSA) is 55.1 Å². The molecule has 0 unspecified atom stereocenters. The fourth-order valence-electron chi connectivity index (χ4n) is 1.33. The highest BCUT2D eigenvalue weighted by Crippen LogP contribution is 2.10. The number of para-hydroxylation sites is 1. The maximum Gasteiger partial charge on any atom is 0.164 e. The van der Waals surface area contributed by atoms with Crippen LogP contribution < -0.4 is 11.1 Å². The van der Waals surface area contributed by atoms with Gasteiger partial charge in [0.15, 0.2) is 5.78 Å². The first-order valence-corrected chi connectivity index (χ1v) is 5.27. The molecule has 1 aromatic rings. The smallest absolute Gasteiger partial charge is 0.164 e. The van der Waals surface area contributed by atoms with Crippen molar-refractivity contribution in [2.45, 2.75) is 13.8 Å². The molecule has 3 N–H and O–H groups in total. The molecule has 0 heterocycles. The average molecular weight is 234 g/mol. The predicted molar refractivity (Wildman–Crippen MR) is 70.2 cm³/mol. The Hall–Kier alpha value is -1.68. The second-order valence-electron chi connectivity index (χ2n) is 3.43. The van der Waals surface area contributed by atoms with Gasteiger partial charge in [-0.1, -0.05) is 30.4 Å². The summed E-state index contributed by atoms with van der Waals surface area (Å²) < 4.78 is 0. The van der Waals surface area contributed by atoms with Crippen LogP contribution in [0.15, 0.2) is 41.6 Å². The lowest BCUT2D eigenvalue weighted by molar-refractivity contribution is -0.113. The van der Waals surface area contributed by atoms with Crippen LogP contribution in [0.1, 0.15) is 13.8 Å². The maximum absolute atomic E-state index is 11.4. The Morgan fingerprint density at radius 3 is 2.25 bits per heavy atom. The van der Waals surface area contributed by atoms with Crippen LogP contribution in [0.2, 0.25) is 0 Å². The minimum atomic E-state index is -0.131. The molecule has 0 spiro atoms. The van der Waals surface area contributed by atoms with Gasteiger partial charge < -0.3 is 11.1 Å². The number of benzene rings is 1. The molecule has 0 atom stereocenters. The molecule has 0 aliphatic carbocycles. The quantitative estimate of drug-likeness (QED) is 0.622. The number of Topliss-reactive ketones (excluding diaryl/α,β-unsaturated/α-hetero) is 1. The lowest BCUT2D eigenvalue weighted by Crippen LogP contribution is -2.20. The van der Waals surface area contributed by atoms with Gasteiger partial charge in [0.1, 0.15) is 4.99 Å². The van der Waals surface area contributed by atoms with E-state index in [0.29, 0.717) is 16.3 Å². The van der Waals surface area contributed by atoms with Crippen molar-refractivity contribution in [1.82, 2.24) is 0 Å². The first-order chi connectivity index (χ1) is 7.52. The molecule has 0 bridgehead atoms. The summed E-state index contributed by atoms with van der Waals surface area (Å²) in [5.41, 5.74) is 7.27. The molecular weight excluding hydrogens is 220 g/mol. The first kappa shape index (κ1) is 12.4. The summed E-state index contributed by atoms with van der Waals surface area (Å²) in [5.74, 6) is -0.131. The Labute approximate surface area is 100 Å². The van der Waals surface area contributed by atoms with Gasteiger partial charge >= 0.3 is 0 Å². The molecule has 1 aromatic carbocycles. The second-order valence-corrected chi connectivity index (χ2v) is 3.84. The molecule has 0 fully saturated rings. The number of rotatable bonds is 3. The molecule has 0 aromatic heterocycles. The Morgan fingerprint density at radius 2 is 1.81 bits per heavy atom. The molecule has 1 rings (SSSR count). The molecule has 16 heavy (non-hydrogen) atoms. The van der Waals surface area contributed by atoms with Gasteiger partial charge in [-0.05, 0) is 26.0 Å². The Balaban J connectivity index is 2.88. The van der Waals surface area contributed by atoms with Crippen molar-refractivity contribution >= 4 is 28.7 Å². The van der Waals surface area contributed by atoms with Gasteiger partial charge in [-0.15, -0.1) is 0 Å². The van der Waals surface area contributed by atoms with E-state index in [9.17, 15) is 4.79 Å². The zero-order valence-corrected chi connectivity index (χ0v) is 10.1. The van der Waals surface area contributed by atoms with Crippen molar-refractivity contribution < 1.29 is 4.79 Å². The zero-order chi connectivity index (χ0) is 12.1. The number of nitrogens with two attached hydrogens (primary N) is 1. The zero-order valence-electron chi connectivity index (χ0n) is 9.28. The maximum atomic E-state index is 11.4. The van der Waals surface area contributed by atoms with E-state index in [0.717, 1.165) is 5.69 Å². The average Bonchev–Trinajstić information content (AvgIpc) is 2.17. The van der Waals surface area contributed by atoms with Crippen molar-refractivity contribution in [1.29, 1.82) is 0 Å². The van der Waals surface area contributed by atoms with Gasteiger partial charge in [0.25, 0.3) is 0 Å². The highest BCUT2D eigenvalue weighted by Gasteiger charge is 2.12. The first-order valence-electron chi connectivity index (χ1n) is 4.86. The van der Waals surface area contributed by atoms with Crippen LogP contribution in [0.25, 0.3) is 0 Å². The summed E-state index contributed by atoms with van der Waals surface area (Å²) in [7, 11) is 0. The van der Waals surface area contributed by atoms with Crippen molar-refractivity contribution in [3.8, 4) is 0 Å². The normalized spacial score (nSPS) is 11.6. The van der Waals surface area contributed by atoms with E-state index in [1.807, 2.05) is 30.3 Å². The van der Waals surface area contributed by atoms with Crippen LogP contribution in [0.4, 0.5) is 5.69 Å². The number of anilines is 1. The number of carbonyl (C=O) groups excluding carboxylic acids is 1. The minimum Gasteiger partial charge on any atom is -0.402 e. The van der Waals surface area contributed by atoms with Gasteiger partial charge in [0.05, 0.1) is 5.57 Å². The van der Waals surface area contributed by atoms with Crippen molar-refractivity contribution in [2.24, 2.45) is 5.73 Å². The SMILES string of the molecule is CC(=O)/C(C(=S)Nc1ccccc1)=C(\C)N. The van der Waals surface area contributed by atoms with Crippen molar-refractivity contribution in [2.75, 3.05) is 5.32 Å². The molecule has 0 aliphatic heterocycles. The lowest BCUT2D eigenvalue weighted by atomic mass is 10.1. The number of ketones is 1.